The fourth-order valence-electron chi connectivity index (χ4n) is 4.56. The molecule has 0 saturated carbocycles. The summed E-state index contributed by atoms with van der Waals surface area (Å²) in [5.41, 5.74) is 1.98. The summed E-state index contributed by atoms with van der Waals surface area (Å²) in [7, 11) is 0. The maximum Gasteiger partial charge on any atom is 0.269 e. The van der Waals surface area contributed by atoms with Gasteiger partial charge in [-0.3, -0.25) is 24.8 Å². The zero-order valence-corrected chi connectivity index (χ0v) is 20.1. The van der Waals surface area contributed by atoms with E-state index >= 15 is 0 Å². The second-order valence-corrected chi connectivity index (χ2v) is 8.91. The normalized spacial score (nSPS) is 20.9. The molecule has 4 aromatic rings. The van der Waals surface area contributed by atoms with Crippen LogP contribution in [0, 0.1) is 20.2 Å². The Hall–Kier alpha value is -4.57. The minimum atomic E-state index is -1.32. The van der Waals surface area contributed by atoms with Crippen LogP contribution in [0.15, 0.2) is 61.2 Å². The number of imidazole rings is 1. The van der Waals surface area contributed by atoms with E-state index in [-0.39, 0.29) is 23.8 Å². The molecule has 202 valence electrons. The van der Waals surface area contributed by atoms with E-state index in [1.807, 2.05) is 0 Å². The molecule has 1 fully saturated rings. The fourth-order valence-corrected chi connectivity index (χ4v) is 4.56. The van der Waals surface area contributed by atoms with Gasteiger partial charge in [0.2, 0.25) is 0 Å². The highest BCUT2D eigenvalue weighted by atomic mass is 16.6. The number of nitro groups is 2. The van der Waals surface area contributed by atoms with Gasteiger partial charge in [-0.2, -0.15) is 0 Å². The number of ether oxygens (including phenoxy) is 1. The van der Waals surface area contributed by atoms with Crippen molar-refractivity contribution in [1.82, 2.24) is 19.5 Å². The lowest BCUT2D eigenvalue weighted by atomic mass is 9.91. The molecule has 39 heavy (non-hydrogen) atoms. The minimum Gasteiger partial charge on any atom is -0.394 e. The molecule has 0 bridgehead atoms. The Morgan fingerprint density at radius 3 is 2.03 bits per heavy atom. The highest BCUT2D eigenvalue weighted by Crippen LogP contribution is 2.33. The lowest BCUT2D eigenvalue weighted by Crippen LogP contribution is -2.33. The Balaban J connectivity index is 1.44. The number of aliphatic hydroxyl groups excluding tert-OH is 3. The maximum absolute atomic E-state index is 11.1. The van der Waals surface area contributed by atoms with Gasteiger partial charge in [-0.15, -0.1) is 0 Å². The van der Waals surface area contributed by atoms with E-state index in [4.69, 9.17) is 4.74 Å². The van der Waals surface area contributed by atoms with Crippen LogP contribution in [0.2, 0.25) is 0 Å². The minimum absolute atomic E-state index is 0.0675. The number of fused-ring (bicyclic) bond motifs is 1. The second kappa shape index (κ2) is 10.7. The molecule has 1 saturated heterocycles. The van der Waals surface area contributed by atoms with Crippen molar-refractivity contribution in [2.24, 2.45) is 0 Å². The molecule has 15 heteroatoms. The number of nitrogens with zero attached hydrogens (tertiary/aromatic N) is 6. The number of hydrogen-bond acceptors (Lipinski definition) is 12. The van der Waals surface area contributed by atoms with Gasteiger partial charge in [-0.25, -0.2) is 15.0 Å². The molecule has 2 unspecified atom stereocenters. The predicted molar refractivity (Wildman–Crippen MR) is 135 cm³/mol. The first-order valence-electron chi connectivity index (χ1n) is 11.8. The SMILES string of the molecule is O=[N+]([O-])c1ccc(C(CNc2ncnc3c2ncn3[C@@H]2O[C@H](CO)C(O)C2O)c2ccc([N+](=O)[O-])cc2)cc1. The van der Waals surface area contributed by atoms with Gasteiger partial charge in [0.1, 0.15) is 24.6 Å². The van der Waals surface area contributed by atoms with Crippen molar-refractivity contribution in [3.63, 3.8) is 0 Å². The Kier molecular flexibility index (Phi) is 7.12. The highest BCUT2D eigenvalue weighted by Gasteiger charge is 2.44. The average Bonchev–Trinajstić information content (AvgIpc) is 3.50. The molecular weight excluding hydrogens is 514 g/mol. The van der Waals surface area contributed by atoms with Crippen LogP contribution in [0.4, 0.5) is 17.2 Å². The summed E-state index contributed by atoms with van der Waals surface area (Å²) >= 11 is 0. The van der Waals surface area contributed by atoms with E-state index in [0.717, 1.165) is 11.1 Å². The molecule has 15 nitrogen and oxygen atoms in total. The van der Waals surface area contributed by atoms with Gasteiger partial charge in [0.15, 0.2) is 23.2 Å². The van der Waals surface area contributed by atoms with Crippen molar-refractivity contribution in [2.75, 3.05) is 18.5 Å². The van der Waals surface area contributed by atoms with Gasteiger partial charge in [0.25, 0.3) is 11.4 Å². The van der Waals surface area contributed by atoms with Gasteiger partial charge < -0.3 is 25.4 Å². The molecule has 2 aromatic carbocycles. The smallest absolute Gasteiger partial charge is 0.269 e. The molecule has 4 N–H and O–H groups in total. The molecule has 0 spiro atoms. The number of aromatic nitrogens is 4. The van der Waals surface area contributed by atoms with Crippen LogP contribution >= 0.6 is 0 Å². The van der Waals surface area contributed by atoms with E-state index in [9.17, 15) is 35.5 Å². The molecule has 1 aliphatic rings. The second-order valence-electron chi connectivity index (χ2n) is 8.91. The fraction of sp³-hybridized carbons (Fsp3) is 0.292. The average molecular weight is 537 g/mol. The van der Waals surface area contributed by atoms with E-state index in [2.05, 4.69) is 20.3 Å². The van der Waals surface area contributed by atoms with E-state index < -0.39 is 41.0 Å². The predicted octanol–water partition coefficient (Wildman–Crippen LogP) is 1.50. The topological polar surface area (TPSA) is 212 Å². The Morgan fingerprint density at radius 1 is 0.923 bits per heavy atom. The molecule has 2 aromatic heterocycles. The number of benzene rings is 2. The summed E-state index contributed by atoms with van der Waals surface area (Å²) in [6.07, 6.45) is -1.93. The van der Waals surface area contributed by atoms with Crippen molar-refractivity contribution >= 4 is 28.4 Å². The van der Waals surface area contributed by atoms with Crippen LogP contribution in [0.1, 0.15) is 23.3 Å². The first-order chi connectivity index (χ1) is 18.8. The lowest BCUT2D eigenvalue weighted by molar-refractivity contribution is -0.385. The third-order valence-corrected chi connectivity index (χ3v) is 6.64. The van der Waals surface area contributed by atoms with Crippen LogP contribution < -0.4 is 5.32 Å². The molecule has 1 aliphatic heterocycles. The van der Waals surface area contributed by atoms with Gasteiger partial charge in [0, 0.05) is 36.7 Å². The zero-order valence-electron chi connectivity index (χ0n) is 20.1. The first kappa shape index (κ1) is 26.1. The molecule has 3 heterocycles. The Bertz CT molecular complexity index is 1440. The quantitative estimate of drug-likeness (QED) is 0.177. The van der Waals surface area contributed by atoms with Crippen molar-refractivity contribution in [3.8, 4) is 0 Å². The summed E-state index contributed by atoms with van der Waals surface area (Å²) in [4.78, 5) is 34.1. The standard InChI is InChI=1S/C24H23N7O8/c32-10-18-20(33)21(34)24(39-18)29-12-28-19-22(26-11-27-23(19)29)25-9-17(13-1-5-15(6-2-13)30(35)36)14-3-7-16(8-4-14)31(37)38/h1-8,11-12,17-18,20-21,24,32-34H,9-10H2,(H,25,26,27)/t18-,20?,21?,24-/m1/s1. The Morgan fingerprint density at radius 2 is 1.51 bits per heavy atom. The molecule has 0 radical (unpaired) electrons. The third-order valence-electron chi connectivity index (χ3n) is 6.64. The molecular formula is C24H23N7O8. The number of non-ortho nitro benzene ring substituents is 2. The van der Waals surface area contributed by atoms with Crippen LogP contribution in [-0.2, 0) is 4.74 Å². The largest absolute Gasteiger partial charge is 0.394 e. The van der Waals surface area contributed by atoms with Crippen molar-refractivity contribution in [2.45, 2.75) is 30.5 Å². The molecule has 4 atom stereocenters. The summed E-state index contributed by atoms with van der Waals surface area (Å²) in [5, 5.41) is 55.4. The number of hydrogen-bond donors (Lipinski definition) is 4. The van der Waals surface area contributed by atoms with Crippen molar-refractivity contribution in [3.05, 3.63) is 92.5 Å². The van der Waals surface area contributed by atoms with Gasteiger partial charge >= 0.3 is 0 Å². The lowest BCUT2D eigenvalue weighted by Gasteiger charge is -2.19. The summed E-state index contributed by atoms with van der Waals surface area (Å²) in [6, 6.07) is 12.0. The molecule has 0 amide bonds. The van der Waals surface area contributed by atoms with E-state index in [1.54, 1.807) is 24.3 Å². The first-order valence-corrected chi connectivity index (χ1v) is 11.8. The summed E-state index contributed by atoms with van der Waals surface area (Å²) < 4.78 is 7.03. The maximum atomic E-state index is 11.1. The number of nitro benzene ring substituents is 2. The van der Waals surface area contributed by atoms with Gasteiger partial charge in [-0.05, 0) is 11.1 Å². The highest BCUT2D eigenvalue weighted by molar-refractivity contribution is 5.82. The zero-order chi connectivity index (χ0) is 27.7. The van der Waals surface area contributed by atoms with Crippen LogP contribution in [0.25, 0.3) is 11.2 Å². The Labute approximate surface area is 219 Å². The van der Waals surface area contributed by atoms with Gasteiger partial charge in [-0.1, -0.05) is 24.3 Å². The van der Waals surface area contributed by atoms with Crippen LogP contribution in [0.5, 0.6) is 0 Å². The third kappa shape index (κ3) is 4.98. The summed E-state index contributed by atoms with van der Waals surface area (Å²) in [5.74, 6) is -0.0292. The van der Waals surface area contributed by atoms with Crippen LogP contribution in [-0.4, -0.2) is 76.1 Å². The number of aliphatic hydroxyl groups is 3. The number of anilines is 1. The monoisotopic (exact) mass is 537 g/mol. The van der Waals surface area contributed by atoms with Crippen LogP contribution in [0.3, 0.4) is 0 Å². The van der Waals surface area contributed by atoms with Crippen molar-refractivity contribution in [1.29, 1.82) is 0 Å². The number of rotatable bonds is 9. The molecule has 0 aliphatic carbocycles. The van der Waals surface area contributed by atoms with Gasteiger partial charge in [0.05, 0.1) is 22.8 Å². The molecule has 5 rings (SSSR count). The van der Waals surface area contributed by atoms with E-state index in [0.29, 0.717) is 17.0 Å². The summed E-state index contributed by atoms with van der Waals surface area (Å²) in [6.45, 7) is -0.238. The number of nitrogens with one attached hydrogen (secondary N) is 1. The van der Waals surface area contributed by atoms with E-state index in [1.165, 1.54) is 41.5 Å². The van der Waals surface area contributed by atoms with Crippen molar-refractivity contribution < 1.29 is 29.9 Å².